The van der Waals surface area contributed by atoms with E-state index in [1.807, 2.05) is 0 Å². The number of hydrogen-bond acceptors (Lipinski definition) is 3. The highest BCUT2D eigenvalue weighted by Crippen LogP contribution is 2.08. The minimum Gasteiger partial charge on any atom is -0.467 e. The number of nitrogens with two attached hydrogens (primary N) is 1. The smallest absolute Gasteiger partial charge is 0.254 e. The van der Waals surface area contributed by atoms with Gasteiger partial charge in [-0.15, -0.1) is 12.4 Å². The molecule has 0 aliphatic heterocycles. The van der Waals surface area contributed by atoms with Crippen molar-refractivity contribution in [2.75, 3.05) is 0 Å². The molecular formula is C11H19ClN2O2. The Hall–Kier alpha value is -1.00. The van der Waals surface area contributed by atoms with E-state index in [0.29, 0.717) is 17.9 Å². The van der Waals surface area contributed by atoms with Crippen LogP contribution in [0.4, 0.5) is 0 Å². The highest BCUT2D eigenvalue weighted by Gasteiger charge is 2.12. The average molecular weight is 247 g/mol. The van der Waals surface area contributed by atoms with Crippen LogP contribution in [0.25, 0.3) is 0 Å². The normalized spacial score (nSPS) is 10.0. The van der Waals surface area contributed by atoms with E-state index >= 15 is 0 Å². The van der Waals surface area contributed by atoms with E-state index in [4.69, 9.17) is 10.2 Å². The third kappa shape index (κ3) is 3.87. The van der Waals surface area contributed by atoms with Crippen LogP contribution in [-0.2, 0) is 6.54 Å². The number of amides is 1. The van der Waals surface area contributed by atoms with Crippen LogP contribution in [0.3, 0.4) is 0 Å². The van der Waals surface area contributed by atoms with Gasteiger partial charge in [0.2, 0.25) is 0 Å². The minimum atomic E-state index is -0.0906. The Morgan fingerprint density at radius 1 is 1.50 bits per heavy atom. The van der Waals surface area contributed by atoms with Gasteiger partial charge in [0.1, 0.15) is 12.0 Å². The number of rotatable bonds is 5. The summed E-state index contributed by atoms with van der Waals surface area (Å²) in [4.78, 5) is 11.7. The molecule has 16 heavy (non-hydrogen) atoms. The number of carbonyl (C=O) groups excluding carboxylic acids is 1. The molecular weight excluding hydrogens is 228 g/mol. The lowest BCUT2D eigenvalue weighted by atomic mass is 10.1. The van der Waals surface area contributed by atoms with Crippen molar-refractivity contribution in [3.63, 3.8) is 0 Å². The molecule has 1 aromatic heterocycles. The van der Waals surface area contributed by atoms with Gasteiger partial charge < -0.3 is 15.5 Å². The molecule has 0 aliphatic carbocycles. The summed E-state index contributed by atoms with van der Waals surface area (Å²) in [5, 5.41) is 2.93. The first-order chi connectivity index (χ1) is 7.21. The fraction of sp³-hybridized carbons (Fsp3) is 0.545. The highest BCUT2D eigenvalue weighted by atomic mass is 35.5. The molecule has 3 N–H and O–H groups in total. The van der Waals surface area contributed by atoms with Gasteiger partial charge in [0, 0.05) is 6.04 Å². The topological polar surface area (TPSA) is 68.3 Å². The number of carbonyl (C=O) groups is 1. The molecule has 0 unspecified atom stereocenters. The first kappa shape index (κ1) is 15.0. The first-order valence-corrected chi connectivity index (χ1v) is 5.29. The molecule has 1 amide bonds. The van der Waals surface area contributed by atoms with Crippen LogP contribution < -0.4 is 11.1 Å². The van der Waals surface area contributed by atoms with Crippen molar-refractivity contribution in [3.8, 4) is 0 Å². The SMILES string of the molecule is CCC(CC)NC(=O)c1coc(CN)c1.Cl. The van der Waals surface area contributed by atoms with Crippen LogP contribution >= 0.6 is 12.4 Å². The molecule has 0 saturated heterocycles. The van der Waals surface area contributed by atoms with Crippen molar-refractivity contribution < 1.29 is 9.21 Å². The minimum absolute atomic E-state index is 0. The second kappa shape index (κ2) is 7.30. The van der Waals surface area contributed by atoms with Crippen LogP contribution in [-0.4, -0.2) is 11.9 Å². The van der Waals surface area contributed by atoms with Crippen LogP contribution in [0.1, 0.15) is 42.8 Å². The molecule has 4 nitrogen and oxygen atoms in total. The van der Waals surface area contributed by atoms with Crippen LogP contribution in [0.2, 0.25) is 0 Å². The molecule has 0 fully saturated rings. The lowest BCUT2D eigenvalue weighted by molar-refractivity contribution is 0.0934. The molecule has 0 radical (unpaired) electrons. The van der Waals surface area contributed by atoms with Crippen molar-refractivity contribution in [1.82, 2.24) is 5.32 Å². The quantitative estimate of drug-likeness (QED) is 0.836. The summed E-state index contributed by atoms with van der Waals surface area (Å²) >= 11 is 0. The fourth-order valence-corrected chi connectivity index (χ4v) is 1.37. The van der Waals surface area contributed by atoms with Crippen molar-refractivity contribution in [3.05, 3.63) is 23.7 Å². The van der Waals surface area contributed by atoms with E-state index in [1.165, 1.54) is 6.26 Å². The zero-order valence-corrected chi connectivity index (χ0v) is 10.5. The molecule has 5 heteroatoms. The van der Waals surface area contributed by atoms with E-state index in [-0.39, 0.29) is 24.4 Å². The lowest BCUT2D eigenvalue weighted by Crippen LogP contribution is -2.33. The predicted octanol–water partition coefficient (Wildman–Crippen LogP) is 2.08. The molecule has 1 rings (SSSR count). The van der Waals surface area contributed by atoms with Gasteiger partial charge in [-0.25, -0.2) is 0 Å². The largest absolute Gasteiger partial charge is 0.467 e. The summed E-state index contributed by atoms with van der Waals surface area (Å²) in [6.45, 7) is 4.42. The number of halogens is 1. The van der Waals surface area contributed by atoms with Crippen molar-refractivity contribution in [2.24, 2.45) is 5.73 Å². The Kier molecular flexibility index (Phi) is 6.85. The number of nitrogens with one attached hydrogen (secondary N) is 1. The fourth-order valence-electron chi connectivity index (χ4n) is 1.37. The molecule has 1 heterocycles. The molecule has 0 aliphatic rings. The Bertz CT molecular complexity index is 322. The summed E-state index contributed by atoms with van der Waals surface area (Å²) in [5.41, 5.74) is 5.94. The van der Waals surface area contributed by atoms with Gasteiger partial charge in [-0.05, 0) is 18.9 Å². The summed E-state index contributed by atoms with van der Waals surface area (Å²) in [6, 6.07) is 1.91. The first-order valence-electron chi connectivity index (χ1n) is 5.29. The van der Waals surface area contributed by atoms with E-state index < -0.39 is 0 Å². The Morgan fingerprint density at radius 2 is 2.12 bits per heavy atom. The molecule has 0 saturated carbocycles. The van der Waals surface area contributed by atoms with Crippen LogP contribution in [0.15, 0.2) is 16.7 Å². The summed E-state index contributed by atoms with van der Waals surface area (Å²) in [7, 11) is 0. The molecule has 92 valence electrons. The van der Waals surface area contributed by atoms with E-state index in [2.05, 4.69) is 19.2 Å². The van der Waals surface area contributed by atoms with Crippen molar-refractivity contribution >= 4 is 18.3 Å². The van der Waals surface area contributed by atoms with Gasteiger partial charge in [0.15, 0.2) is 0 Å². The summed E-state index contributed by atoms with van der Waals surface area (Å²) < 4.78 is 5.10. The van der Waals surface area contributed by atoms with Crippen LogP contribution in [0, 0.1) is 0 Å². The van der Waals surface area contributed by atoms with Gasteiger partial charge in [0.25, 0.3) is 5.91 Å². The van der Waals surface area contributed by atoms with E-state index in [0.717, 1.165) is 12.8 Å². The Labute approximate surface area is 102 Å². The maximum Gasteiger partial charge on any atom is 0.254 e. The molecule has 0 spiro atoms. The summed E-state index contributed by atoms with van der Waals surface area (Å²) in [5.74, 6) is 0.539. The van der Waals surface area contributed by atoms with E-state index in [9.17, 15) is 4.79 Å². The molecule has 0 aromatic carbocycles. The monoisotopic (exact) mass is 246 g/mol. The number of hydrogen-bond donors (Lipinski definition) is 2. The zero-order chi connectivity index (χ0) is 11.3. The third-order valence-corrected chi connectivity index (χ3v) is 2.44. The third-order valence-electron chi connectivity index (χ3n) is 2.44. The number of furan rings is 1. The standard InChI is InChI=1S/C11H18N2O2.ClH/c1-3-9(4-2)13-11(14)8-5-10(6-12)15-7-8;/h5,7,9H,3-4,6,12H2,1-2H3,(H,13,14);1H. The van der Waals surface area contributed by atoms with Gasteiger partial charge >= 0.3 is 0 Å². The van der Waals surface area contributed by atoms with Gasteiger partial charge in [-0.3, -0.25) is 4.79 Å². The predicted molar refractivity (Wildman–Crippen MR) is 65.7 cm³/mol. The maximum absolute atomic E-state index is 11.7. The second-order valence-corrected chi connectivity index (χ2v) is 3.49. The Balaban J connectivity index is 0.00000225. The molecule has 0 bridgehead atoms. The van der Waals surface area contributed by atoms with Crippen molar-refractivity contribution in [1.29, 1.82) is 0 Å². The van der Waals surface area contributed by atoms with E-state index in [1.54, 1.807) is 6.07 Å². The summed E-state index contributed by atoms with van der Waals surface area (Å²) in [6.07, 6.45) is 3.31. The molecule has 0 atom stereocenters. The second-order valence-electron chi connectivity index (χ2n) is 3.49. The average Bonchev–Trinajstić information content (AvgIpc) is 2.74. The molecule has 1 aromatic rings. The maximum atomic E-state index is 11.7. The van der Waals surface area contributed by atoms with Crippen molar-refractivity contribution in [2.45, 2.75) is 39.3 Å². The lowest BCUT2D eigenvalue weighted by Gasteiger charge is -2.13. The highest BCUT2D eigenvalue weighted by molar-refractivity contribution is 5.94. The Morgan fingerprint density at radius 3 is 2.56 bits per heavy atom. The zero-order valence-electron chi connectivity index (χ0n) is 9.66. The van der Waals surface area contributed by atoms with Gasteiger partial charge in [0.05, 0.1) is 12.1 Å². The van der Waals surface area contributed by atoms with Gasteiger partial charge in [-0.1, -0.05) is 13.8 Å². The van der Waals surface area contributed by atoms with Crippen LogP contribution in [0.5, 0.6) is 0 Å². The van der Waals surface area contributed by atoms with Gasteiger partial charge in [-0.2, -0.15) is 0 Å².